The molecule has 2 atom stereocenters. The third-order valence-electron chi connectivity index (χ3n) is 3.78. The highest BCUT2D eigenvalue weighted by Gasteiger charge is 2.42. The van der Waals surface area contributed by atoms with E-state index in [-0.39, 0.29) is 12.1 Å². The lowest BCUT2D eigenvalue weighted by atomic mass is 9.97. The zero-order valence-electron chi connectivity index (χ0n) is 11.2. The van der Waals surface area contributed by atoms with Crippen molar-refractivity contribution < 1.29 is 13.2 Å². The fourth-order valence-corrected chi connectivity index (χ4v) is 4.31. The summed E-state index contributed by atoms with van der Waals surface area (Å²) in [5.41, 5.74) is 1.02. The molecule has 0 aromatic heterocycles. The average Bonchev–Trinajstić information content (AvgIpc) is 2.46. The minimum absolute atomic E-state index is 0.136. The summed E-state index contributed by atoms with van der Waals surface area (Å²) >= 11 is 0. The van der Waals surface area contributed by atoms with E-state index in [2.05, 4.69) is 9.71 Å². The number of hydrogen-bond acceptors (Lipinski definition) is 4. The number of amidine groups is 1. The van der Waals surface area contributed by atoms with Crippen LogP contribution in [0.3, 0.4) is 0 Å². The Balaban J connectivity index is 1.75. The maximum absolute atomic E-state index is 12.2. The molecule has 2 fully saturated rings. The Morgan fingerprint density at radius 1 is 1.20 bits per heavy atom. The lowest BCUT2D eigenvalue weighted by Gasteiger charge is -2.36. The van der Waals surface area contributed by atoms with Crippen molar-refractivity contribution in [1.29, 1.82) is 0 Å². The Bertz CT molecular complexity index is 598. The summed E-state index contributed by atoms with van der Waals surface area (Å²) in [5, 5.41) is -0.424. The standard InChI is InChI=1S/C14H18N2O3S/c17-20(18)13-9-5-4-8-12(13)19-14(16-20)15-10-11-6-2-1-3-7-11/h1-3,6-7,12-13H,4-5,8-10H2,(H,15,16)/t12-,13+/m0/s1. The van der Waals surface area contributed by atoms with Gasteiger partial charge in [0, 0.05) is 0 Å². The van der Waals surface area contributed by atoms with E-state index >= 15 is 0 Å². The van der Waals surface area contributed by atoms with Gasteiger partial charge in [-0.15, -0.1) is 0 Å². The number of nitrogens with one attached hydrogen (secondary N) is 1. The molecule has 2 aliphatic rings. The number of ether oxygens (including phenoxy) is 1. The van der Waals surface area contributed by atoms with Crippen molar-refractivity contribution in [3.8, 4) is 0 Å². The molecule has 1 aliphatic carbocycles. The van der Waals surface area contributed by atoms with E-state index in [9.17, 15) is 8.42 Å². The maximum Gasteiger partial charge on any atom is 0.299 e. The van der Waals surface area contributed by atoms with Crippen LogP contribution in [0.2, 0.25) is 0 Å². The molecule has 0 bridgehead atoms. The van der Waals surface area contributed by atoms with Gasteiger partial charge in [-0.3, -0.25) is 0 Å². The Labute approximate surface area is 119 Å². The minimum atomic E-state index is -3.34. The number of hydrogen-bond donors (Lipinski definition) is 1. The van der Waals surface area contributed by atoms with Gasteiger partial charge in [0.25, 0.3) is 6.02 Å². The van der Waals surface area contributed by atoms with Gasteiger partial charge in [0.05, 0.1) is 6.54 Å². The summed E-state index contributed by atoms with van der Waals surface area (Å²) in [6.45, 7) is 0.413. The van der Waals surface area contributed by atoms with Crippen LogP contribution in [0.5, 0.6) is 0 Å². The molecule has 1 N–H and O–H groups in total. The summed E-state index contributed by atoms with van der Waals surface area (Å²) in [5.74, 6) is 0. The lowest BCUT2D eigenvalue weighted by molar-refractivity contribution is 0.131. The number of fused-ring (bicyclic) bond motifs is 1. The van der Waals surface area contributed by atoms with Crippen LogP contribution in [0, 0.1) is 0 Å². The summed E-state index contributed by atoms with van der Waals surface area (Å²) < 4.78 is 32.5. The van der Waals surface area contributed by atoms with E-state index < -0.39 is 15.3 Å². The second kappa shape index (κ2) is 5.44. The summed E-state index contributed by atoms with van der Waals surface area (Å²) in [6, 6.07) is 9.83. The van der Waals surface area contributed by atoms with Gasteiger partial charge >= 0.3 is 0 Å². The van der Waals surface area contributed by atoms with Gasteiger partial charge in [0.1, 0.15) is 11.4 Å². The average molecular weight is 294 g/mol. The first-order valence-corrected chi connectivity index (χ1v) is 8.46. The molecule has 6 heteroatoms. The number of rotatable bonds is 2. The fourth-order valence-electron chi connectivity index (χ4n) is 2.73. The Hall–Kier alpha value is -1.56. The largest absolute Gasteiger partial charge is 0.460 e. The Kier molecular flexibility index (Phi) is 3.65. The van der Waals surface area contributed by atoms with Crippen molar-refractivity contribution >= 4 is 16.0 Å². The quantitative estimate of drug-likeness (QED) is 0.904. The molecular weight excluding hydrogens is 276 g/mol. The van der Waals surface area contributed by atoms with Crippen LogP contribution in [-0.2, 0) is 21.3 Å². The molecule has 0 spiro atoms. The zero-order chi connectivity index (χ0) is 14.0. The van der Waals surface area contributed by atoms with Crippen LogP contribution < -0.4 is 4.72 Å². The number of sulfonamides is 1. The van der Waals surface area contributed by atoms with E-state index in [1.807, 2.05) is 30.3 Å². The first-order chi connectivity index (χ1) is 9.65. The van der Waals surface area contributed by atoms with Crippen LogP contribution in [0.15, 0.2) is 35.3 Å². The second-order valence-electron chi connectivity index (χ2n) is 5.23. The Morgan fingerprint density at radius 2 is 1.95 bits per heavy atom. The summed E-state index contributed by atoms with van der Waals surface area (Å²) in [4.78, 5) is 4.24. The van der Waals surface area contributed by atoms with Crippen molar-refractivity contribution in [3.63, 3.8) is 0 Å². The van der Waals surface area contributed by atoms with Crippen molar-refractivity contribution in [1.82, 2.24) is 4.72 Å². The molecule has 3 rings (SSSR count). The molecule has 1 aliphatic heterocycles. The van der Waals surface area contributed by atoms with Crippen LogP contribution in [0.25, 0.3) is 0 Å². The van der Waals surface area contributed by atoms with E-state index in [1.54, 1.807) is 0 Å². The van der Waals surface area contributed by atoms with Gasteiger partial charge in [0.15, 0.2) is 0 Å². The van der Waals surface area contributed by atoms with E-state index in [1.165, 1.54) is 0 Å². The van der Waals surface area contributed by atoms with Crippen molar-refractivity contribution in [3.05, 3.63) is 35.9 Å². The van der Waals surface area contributed by atoms with Gasteiger partial charge in [-0.25, -0.2) is 18.1 Å². The predicted octanol–water partition coefficient (Wildman–Crippen LogP) is 1.80. The third-order valence-corrected chi connectivity index (χ3v) is 5.58. The molecule has 1 heterocycles. The van der Waals surface area contributed by atoms with Gasteiger partial charge in [-0.05, 0) is 24.8 Å². The van der Waals surface area contributed by atoms with Crippen LogP contribution in [0.4, 0.5) is 0 Å². The van der Waals surface area contributed by atoms with Crippen LogP contribution >= 0.6 is 0 Å². The van der Waals surface area contributed by atoms with E-state index in [0.717, 1.165) is 24.8 Å². The van der Waals surface area contributed by atoms with Gasteiger partial charge in [-0.2, -0.15) is 0 Å². The monoisotopic (exact) mass is 294 g/mol. The highest BCUT2D eigenvalue weighted by Crippen LogP contribution is 2.29. The summed E-state index contributed by atoms with van der Waals surface area (Å²) in [6.07, 6.45) is 3.18. The van der Waals surface area contributed by atoms with Gasteiger partial charge in [0.2, 0.25) is 10.0 Å². The van der Waals surface area contributed by atoms with E-state index in [0.29, 0.717) is 13.0 Å². The molecule has 5 nitrogen and oxygen atoms in total. The highest BCUT2D eigenvalue weighted by molar-refractivity contribution is 7.90. The zero-order valence-corrected chi connectivity index (χ0v) is 12.0. The van der Waals surface area contributed by atoms with Crippen molar-refractivity contribution in [2.75, 3.05) is 0 Å². The fraction of sp³-hybridized carbons (Fsp3) is 0.500. The van der Waals surface area contributed by atoms with E-state index in [4.69, 9.17) is 4.74 Å². The third kappa shape index (κ3) is 2.80. The van der Waals surface area contributed by atoms with Gasteiger partial charge < -0.3 is 4.74 Å². The minimum Gasteiger partial charge on any atom is -0.460 e. The Morgan fingerprint density at radius 3 is 2.75 bits per heavy atom. The topological polar surface area (TPSA) is 67.8 Å². The van der Waals surface area contributed by atoms with Crippen LogP contribution in [0.1, 0.15) is 31.2 Å². The SMILES string of the molecule is O=S1(=O)NC(=NCc2ccccc2)O[C@H]2CCCC[C@H]21. The van der Waals surface area contributed by atoms with Crippen molar-refractivity contribution in [2.45, 2.75) is 43.6 Å². The van der Waals surface area contributed by atoms with Gasteiger partial charge in [-0.1, -0.05) is 36.8 Å². The smallest absolute Gasteiger partial charge is 0.299 e. The molecule has 1 aromatic rings. The number of nitrogens with zero attached hydrogens (tertiary/aromatic N) is 1. The second-order valence-corrected chi connectivity index (χ2v) is 7.13. The summed E-state index contributed by atoms with van der Waals surface area (Å²) in [7, 11) is -3.34. The first kappa shape index (κ1) is 13.4. The number of aliphatic imine (C=N–C) groups is 1. The molecule has 20 heavy (non-hydrogen) atoms. The van der Waals surface area contributed by atoms with Crippen molar-refractivity contribution in [2.24, 2.45) is 4.99 Å². The lowest BCUT2D eigenvalue weighted by Crippen LogP contribution is -2.54. The highest BCUT2D eigenvalue weighted by atomic mass is 32.2. The maximum atomic E-state index is 12.2. The molecule has 0 radical (unpaired) electrons. The van der Waals surface area contributed by atoms with Crippen LogP contribution in [-0.4, -0.2) is 25.8 Å². The number of benzene rings is 1. The molecule has 0 amide bonds. The predicted molar refractivity (Wildman–Crippen MR) is 76.8 cm³/mol. The molecular formula is C14H18N2O3S. The first-order valence-electron chi connectivity index (χ1n) is 6.92. The molecule has 0 unspecified atom stereocenters. The molecule has 1 saturated heterocycles. The molecule has 1 saturated carbocycles. The molecule has 108 valence electrons. The normalized spacial score (nSPS) is 30.1. The molecule has 1 aromatic carbocycles.